The zero-order valence-electron chi connectivity index (χ0n) is 15.5. The van der Waals surface area contributed by atoms with E-state index >= 15 is 0 Å². The minimum Gasteiger partial charge on any atom is -0.457 e. The van der Waals surface area contributed by atoms with Crippen molar-refractivity contribution in [3.05, 3.63) is 47.7 Å². The molecule has 3 rings (SSSR count). The Morgan fingerprint density at radius 2 is 2.22 bits per heavy atom. The van der Waals surface area contributed by atoms with Gasteiger partial charge in [0, 0.05) is 37.4 Å². The molecule has 1 fully saturated rings. The van der Waals surface area contributed by atoms with Gasteiger partial charge in [-0.1, -0.05) is 12.6 Å². The van der Waals surface area contributed by atoms with E-state index in [0.29, 0.717) is 17.8 Å². The number of benzene rings is 1. The predicted octanol–water partition coefficient (Wildman–Crippen LogP) is 1.58. The molecule has 1 amide bonds. The highest BCUT2D eigenvalue weighted by Crippen LogP contribution is 2.25. The molecule has 7 heteroatoms. The van der Waals surface area contributed by atoms with Crippen LogP contribution in [-0.4, -0.2) is 53.3 Å². The third-order valence-electron chi connectivity index (χ3n) is 5.06. The fraction of sp³-hybridized carbons (Fsp3) is 0.450. The number of nitrogens with one attached hydrogen (secondary N) is 1. The van der Waals surface area contributed by atoms with Gasteiger partial charge in [0.1, 0.15) is 12.3 Å². The molecule has 2 N–H and O–H groups in total. The molecule has 1 atom stereocenters. The van der Waals surface area contributed by atoms with Crippen molar-refractivity contribution < 1.29 is 19.4 Å². The molecule has 0 aromatic heterocycles. The van der Waals surface area contributed by atoms with Gasteiger partial charge in [0.15, 0.2) is 0 Å². The monoisotopic (exact) mass is 371 g/mol. The van der Waals surface area contributed by atoms with Crippen LogP contribution in [0.1, 0.15) is 47.4 Å². The molecule has 27 heavy (non-hydrogen) atoms. The maximum absolute atomic E-state index is 12.0. The molecular formula is C20H25N3O4. The summed E-state index contributed by atoms with van der Waals surface area (Å²) in [5.41, 5.74) is 2.60. The summed E-state index contributed by atoms with van der Waals surface area (Å²) in [7, 11) is 0. The first kappa shape index (κ1) is 19.3. The molecule has 1 aromatic rings. The lowest BCUT2D eigenvalue weighted by atomic mass is 10.0. The van der Waals surface area contributed by atoms with Crippen LogP contribution < -0.4 is 5.32 Å². The first-order valence-corrected chi connectivity index (χ1v) is 9.14. The van der Waals surface area contributed by atoms with Gasteiger partial charge in [0.2, 0.25) is 0 Å². The van der Waals surface area contributed by atoms with E-state index in [9.17, 15) is 14.7 Å². The van der Waals surface area contributed by atoms with Crippen molar-refractivity contribution in [2.75, 3.05) is 19.6 Å². The second-order valence-corrected chi connectivity index (χ2v) is 6.95. The third kappa shape index (κ3) is 4.61. The van der Waals surface area contributed by atoms with Crippen LogP contribution in [0, 0.1) is 0 Å². The number of hydrogen-bond acceptors (Lipinski definition) is 6. The second-order valence-electron chi connectivity index (χ2n) is 6.95. The Kier molecular flexibility index (Phi) is 6.03. The number of ether oxygens (including phenoxy) is 1. The van der Waals surface area contributed by atoms with Crippen LogP contribution in [0.2, 0.25) is 0 Å². The lowest BCUT2D eigenvalue weighted by Gasteiger charge is -2.33. The van der Waals surface area contributed by atoms with E-state index in [1.54, 1.807) is 19.1 Å². The summed E-state index contributed by atoms with van der Waals surface area (Å²) in [4.78, 5) is 29.6. The predicted molar refractivity (Wildman–Crippen MR) is 101 cm³/mol. The smallest absolute Gasteiger partial charge is 0.338 e. The number of likely N-dealkylation sites (tertiary alicyclic amines) is 1. The van der Waals surface area contributed by atoms with Gasteiger partial charge in [-0.15, -0.1) is 0 Å². The Bertz CT molecular complexity index is 766. The van der Waals surface area contributed by atoms with Gasteiger partial charge in [0.25, 0.3) is 5.91 Å². The number of carbonyl (C=O) groups is 2. The summed E-state index contributed by atoms with van der Waals surface area (Å²) < 4.78 is 5.00. The number of cyclic esters (lactones) is 1. The average Bonchev–Trinajstić information content (AvgIpc) is 3.04. The molecular weight excluding hydrogens is 346 g/mol. The van der Waals surface area contributed by atoms with Gasteiger partial charge in [-0.05, 0) is 37.5 Å². The Balaban J connectivity index is 1.49. The van der Waals surface area contributed by atoms with E-state index in [1.165, 1.54) is 6.20 Å². The maximum Gasteiger partial charge on any atom is 0.338 e. The zero-order valence-corrected chi connectivity index (χ0v) is 15.5. The van der Waals surface area contributed by atoms with Crippen LogP contribution in [0.25, 0.3) is 0 Å². The number of piperidine rings is 1. The quantitative estimate of drug-likeness (QED) is 0.585. The number of carbonyl (C=O) groups excluding carboxylic acids is 2. The first-order valence-electron chi connectivity index (χ1n) is 9.14. The van der Waals surface area contributed by atoms with Gasteiger partial charge >= 0.3 is 5.97 Å². The van der Waals surface area contributed by atoms with Crippen LogP contribution in [-0.2, 0) is 16.1 Å². The summed E-state index contributed by atoms with van der Waals surface area (Å²) in [6.45, 7) is 7.54. The number of aliphatic hydroxyl groups is 1. The van der Waals surface area contributed by atoms with Gasteiger partial charge in [-0.3, -0.25) is 9.79 Å². The number of β-amino-alcohol motifs (C(OH)–C–C–N with tert-alkyl or cyclic N) is 1. The Hall–Kier alpha value is -2.51. The number of hydrogen-bond donors (Lipinski definition) is 2. The van der Waals surface area contributed by atoms with Crippen LogP contribution >= 0.6 is 0 Å². The summed E-state index contributed by atoms with van der Waals surface area (Å²) in [6, 6.07) is 5.46. The number of esters is 1. The van der Waals surface area contributed by atoms with E-state index in [-0.39, 0.29) is 24.5 Å². The third-order valence-corrected chi connectivity index (χ3v) is 5.06. The highest BCUT2D eigenvalue weighted by atomic mass is 16.5. The molecule has 2 aliphatic heterocycles. The fourth-order valence-corrected chi connectivity index (χ4v) is 3.46. The molecule has 1 saturated heterocycles. The fourth-order valence-electron chi connectivity index (χ4n) is 3.46. The Labute approximate surface area is 158 Å². The van der Waals surface area contributed by atoms with E-state index < -0.39 is 6.10 Å². The van der Waals surface area contributed by atoms with Crippen molar-refractivity contribution in [2.24, 2.45) is 4.99 Å². The Morgan fingerprint density at radius 3 is 2.93 bits per heavy atom. The molecule has 7 nitrogen and oxygen atoms in total. The topological polar surface area (TPSA) is 91.2 Å². The Morgan fingerprint density at radius 1 is 1.48 bits per heavy atom. The normalized spacial score (nSPS) is 19.3. The molecule has 1 aromatic carbocycles. The van der Waals surface area contributed by atoms with E-state index in [4.69, 9.17) is 4.74 Å². The molecule has 0 aliphatic carbocycles. The zero-order chi connectivity index (χ0) is 19.4. The maximum atomic E-state index is 12.0. The molecule has 2 heterocycles. The molecule has 0 radical (unpaired) electrons. The van der Waals surface area contributed by atoms with Crippen LogP contribution in [0.5, 0.6) is 0 Å². The minimum absolute atomic E-state index is 0.115. The molecule has 2 aliphatic rings. The minimum atomic E-state index is -0.626. The number of aliphatic hydroxyl groups excluding tert-OH is 1. The SMILES string of the molecule is C=CN=C(C)C(=O)NC1CCN(CC(O)c2ccc3c(c2)COC3=O)CC1. The van der Waals surface area contributed by atoms with E-state index in [0.717, 1.165) is 37.1 Å². The van der Waals surface area contributed by atoms with Crippen molar-refractivity contribution in [1.29, 1.82) is 0 Å². The van der Waals surface area contributed by atoms with Crippen molar-refractivity contribution in [2.45, 2.75) is 38.5 Å². The van der Waals surface area contributed by atoms with E-state index in [1.807, 2.05) is 6.07 Å². The van der Waals surface area contributed by atoms with E-state index in [2.05, 4.69) is 21.8 Å². The summed E-state index contributed by atoms with van der Waals surface area (Å²) in [5.74, 6) is -0.466. The molecule has 0 spiro atoms. The number of amides is 1. The largest absolute Gasteiger partial charge is 0.457 e. The number of rotatable bonds is 6. The van der Waals surface area contributed by atoms with Crippen LogP contribution in [0.15, 0.2) is 36.0 Å². The standard InChI is InChI=1S/C20H25N3O4/c1-3-21-13(2)19(25)22-16-6-8-23(9-7-16)11-18(24)14-4-5-17-15(10-14)12-27-20(17)26/h3-5,10,16,18,24H,1,6-9,11-12H2,2H3,(H,22,25). The number of nitrogens with zero attached hydrogens (tertiary/aromatic N) is 2. The van der Waals surface area contributed by atoms with Crippen molar-refractivity contribution >= 4 is 17.6 Å². The first-order chi connectivity index (χ1) is 13.0. The number of fused-ring (bicyclic) bond motifs is 1. The molecule has 144 valence electrons. The summed E-state index contributed by atoms with van der Waals surface area (Å²) in [6.07, 6.45) is 2.39. The van der Waals surface area contributed by atoms with Crippen LogP contribution in [0.3, 0.4) is 0 Å². The molecule has 0 saturated carbocycles. The van der Waals surface area contributed by atoms with Crippen molar-refractivity contribution in [3.8, 4) is 0 Å². The van der Waals surface area contributed by atoms with Gasteiger partial charge < -0.3 is 20.1 Å². The van der Waals surface area contributed by atoms with Crippen molar-refractivity contribution in [3.63, 3.8) is 0 Å². The molecule has 1 unspecified atom stereocenters. The van der Waals surface area contributed by atoms with Gasteiger partial charge in [-0.2, -0.15) is 0 Å². The highest BCUT2D eigenvalue weighted by molar-refractivity contribution is 6.38. The number of aliphatic imine (C=N–C) groups is 1. The lowest BCUT2D eigenvalue weighted by Crippen LogP contribution is -2.46. The highest BCUT2D eigenvalue weighted by Gasteiger charge is 2.25. The summed E-state index contributed by atoms with van der Waals surface area (Å²) in [5, 5.41) is 13.5. The second kappa shape index (κ2) is 8.45. The van der Waals surface area contributed by atoms with Crippen LogP contribution in [0.4, 0.5) is 0 Å². The molecule has 0 bridgehead atoms. The lowest BCUT2D eigenvalue weighted by molar-refractivity contribution is -0.115. The van der Waals surface area contributed by atoms with Gasteiger partial charge in [-0.25, -0.2) is 4.79 Å². The van der Waals surface area contributed by atoms with Crippen molar-refractivity contribution in [1.82, 2.24) is 10.2 Å². The van der Waals surface area contributed by atoms with Gasteiger partial charge in [0.05, 0.1) is 11.7 Å². The average molecular weight is 371 g/mol. The summed E-state index contributed by atoms with van der Waals surface area (Å²) >= 11 is 0.